The zero-order valence-corrected chi connectivity index (χ0v) is 11.6. The van der Waals surface area contributed by atoms with Crippen molar-refractivity contribution in [3.63, 3.8) is 0 Å². The highest BCUT2D eigenvalue weighted by molar-refractivity contribution is 5.81. The average Bonchev–Trinajstić information content (AvgIpc) is 3.16. The van der Waals surface area contributed by atoms with E-state index in [1.54, 1.807) is 0 Å². The van der Waals surface area contributed by atoms with E-state index < -0.39 is 0 Å². The number of rotatable bonds is 2. The van der Waals surface area contributed by atoms with Crippen LogP contribution in [-0.4, -0.2) is 15.0 Å². The first-order chi connectivity index (χ1) is 10.3. The molecule has 1 aliphatic carbocycles. The Bertz CT molecular complexity index is 757. The van der Waals surface area contributed by atoms with Crippen LogP contribution in [0.2, 0.25) is 0 Å². The molecule has 2 heterocycles. The van der Waals surface area contributed by atoms with Crippen LogP contribution in [0.4, 0.5) is 5.95 Å². The van der Waals surface area contributed by atoms with E-state index in [9.17, 15) is 0 Å². The lowest BCUT2D eigenvalue weighted by Gasteiger charge is -2.08. The Morgan fingerprint density at radius 2 is 1.86 bits per heavy atom. The number of nitrogen functional groups attached to an aromatic ring is 1. The third-order valence-electron chi connectivity index (χ3n) is 4.04. The molecule has 0 unspecified atom stereocenters. The van der Waals surface area contributed by atoms with E-state index in [2.05, 4.69) is 15.0 Å². The van der Waals surface area contributed by atoms with Gasteiger partial charge in [0.2, 0.25) is 11.8 Å². The fourth-order valence-electron chi connectivity index (χ4n) is 2.98. The summed E-state index contributed by atoms with van der Waals surface area (Å²) in [5, 5.41) is 1.04. The lowest BCUT2D eigenvalue weighted by Crippen LogP contribution is -2.07. The standard InChI is InChI=1S/C16H16N4O/c17-16-19-14(10-5-1-2-6-10)18-15(20-16)13-9-11-7-3-4-8-12(11)21-13/h3-4,7-10H,1-2,5-6H2,(H2,17,18,19,20). The van der Waals surface area contributed by atoms with Gasteiger partial charge in [0.05, 0.1) is 0 Å². The molecular weight excluding hydrogens is 264 g/mol. The summed E-state index contributed by atoms with van der Waals surface area (Å²) in [6, 6.07) is 9.81. The molecular formula is C16H16N4O. The van der Waals surface area contributed by atoms with E-state index in [0.29, 0.717) is 17.5 Å². The number of furan rings is 1. The smallest absolute Gasteiger partial charge is 0.223 e. The third-order valence-corrected chi connectivity index (χ3v) is 4.04. The summed E-state index contributed by atoms with van der Waals surface area (Å²) < 4.78 is 5.82. The highest BCUT2D eigenvalue weighted by Crippen LogP contribution is 2.33. The van der Waals surface area contributed by atoms with Gasteiger partial charge in [0, 0.05) is 11.3 Å². The maximum Gasteiger partial charge on any atom is 0.223 e. The Balaban J connectivity index is 1.79. The average molecular weight is 280 g/mol. The first kappa shape index (κ1) is 12.3. The van der Waals surface area contributed by atoms with E-state index >= 15 is 0 Å². The fraction of sp³-hybridized carbons (Fsp3) is 0.312. The Morgan fingerprint density at radius 1 is 1.05 bits per heavy atom. The number of anilines is 1. The minimum Gasteiger partial charge on any atom is -0.453 e. The Hall–Kier alpha value is -2.43. The van der Waals surface area contributed by atoms with E-state index in [0.717, 1.165) is 29.6 Å². The van der Waals surface area contributed by atoms with Gasteiger partial charge in [0.25, 0.3) is 0 Å². The van der Waals surface area contributed by atoms with Gasteiger partial charge in [-0.05, 0) is 25.0 Å². The van der Waals surface area contributed by atoms with Crippen molar-refractivity contribution in [3.05, 3.63) is 36.2 Å². The van der Waals surface area contributed by atoms with Gasteiger partial charge in [-0.3, -0.25) is 0 Å². The topological polar surface area (TPSA) is 77.8 Å². The molecule has 0 aliphatic heterocycles. The molecule has 0 amide bonds. The minimum atomic E-state index is 0.266. The van der Waals surface area contributed by atoms with Crippen molar-refractivity contribution in [3.8, 4) is 11.6 Å². The predicted octanol–water partition coefficient (Wildman–Crippen LogP) is 3.52. The summed E-state index contributed by atoms with van der Waals surface area (Å²) in [6.07, 6.45) is 4.72. The highest BCUT2D eigenvalue weighted by atomic mass is 16.3. The first-order valence-electron chi connectivity index (χ1n) is 7.30. The molecule has 2 aromatic heterocycles. The van der Waals surface area contributed by atoms with Crippen LogP contribution in [0.3, 0.4) is 0 Å². The zero-order chi connectivity index (χ0) is 14.2. The van der Waals surface area contributed by atoms with Gasteiger partial charge < -0.3 is 10.2 Å². The van der Waals surface area contributed by atoms with Crippen molar-refractivity contribution in [2.75, 3.05) is 5.73 Å². The molecule has 0 radical (unpaired) electrons. The molecule has 106 valence electrons. The van der Waals surface area contributed by atoms with E-state index in [1.807, 2.05) is 30.3 Å². The normalized spacial score (nSPS) is 15.8. The van der Waals surface area contributed by atoms with Crippen LogP contribution in [0.5, 0.6) is 0 Å². The Kier molecular flexibility index (Phi) is 2.84. The van der Waals surface area contributed by atoms with Crippen LogP contribution in [-0.2, 0) is 0 Å². The zero-order valence-electron chi connectivity index (χ0n) is 11.6. The first-order valence-corrected chi connectivity index (χ1v) is 7.30. The third kappa shape index (κ3) is 2.24. The number of hydrogen-bond acceptors (Lipinski definition) is 5. The highest BCUT2D eigenvalue weighted by Gasteiger charge is 2.22. The number of nitrogens with zero attached hydrogens (tertiary/aromatic N) is 3. The molecule has 21 heavy (non-hydrogen) atoms. The number of hydrogen-bond donors (Lipinski definition) is 1. The van der Waals surface area contributed by atoms with Crippen LogP contribution >= 0.6 is 0 Å². The number of fused-ring (bicyclic) bond motifs is 1. The SMILES string of the molecule is Nc1nc(-c2cc3ccccc3o2)nc(C2CCCC2)n1. The molecule has 1 saturated carbocycles. The quantitative estimate of drug-likeness (QED) is 0.777. The van der Waals surface area contributed by atoms with Gasteiger partial charge in [-0.15, -0.1) is 0 Å². The molecule has 1 aliphatic rings. The van der Waals surface area contributed by atoms with Crippen LogP contribution in [0.1, 0.15) is 37.4 Å². The van der Waals surface area contributed by atoms with Crippen LogP contribution in [0.25, 0.3) is 22.6 Å². The van der Waals surface area contributed by atoms with E-state index in [-0.39, 0.29) is 5.95 Å². The van der Waals surface area contributed by atoms with Crippen molar-refractivity contribution in [1.29, 1.82) is 0 Å². The van der Waals surface area contributed by atoms with Crippen molar-refractivity contribution in [2.45, 2.75) is 31.6 Å². The maximum atomic E-state index is 5.85. The second-order valence-corrected chi connectivity index (χ2v) is 5.51. The predicted molar refractivity (Wildman–Crippen MR) is 80.7 cm³/mol. The van der Waals surface area contributed by atoms with Gasteiger partial charge in [-0.1, -0.05) is 31.0 Å². The largest absolute Gasteiger partial charge is 0.453 e. The second kappa shape index (κ2) is 4.84. The number of nitrogens with two attached hydrogens (primary N) is 1. The molecule has 4 rings (SSSR count). The molecule has 1 fully saturated rings. The van der Waals surface area contributed by atoms with Gasteiger partial charge in [0.1, 0.15) is 11.4 Å². The van der Waals surface area contributed by atoms with Gasteiger partial charge in [-0.2, -0.15) is 9.97 Å². The van der Waals surface area contributed by atoms with Crippen molar-refractivity contribution < 1.29 is 4.42 Å². The Labute approximate surface area is 122 Å². The maximum absolute atomic E-state index is 5.85. The molecule has 1 aromatic carbocycles. The van der Waals surface area contributed by atoms with Crippen molar-refractivity contribution >= 4 is 16.9 Å². The van der Waals surface area contributed by atoms with E-state index in [1.165, 1.54) is 12.8 Å². The van der Waals surface area contributed by atoms with E-state index in [4.69, 9.17) is 10.2 Å². The molecule has 0 saturated heterocycles. The summed E-state index contributed by atoms with van der Waals surface area (Å²) in [5.41, 5.74) is 6.68. The molecule has 3 aromatic rings. The van der Waals surface area contributed by atoms with Crippen molar-refractivity contribution in [1.82, 2.24) is 15.0 Å². The second-order valence-electron chi connectivity index (χ2n) is 5.51. The number of aromatic nitrogens is 3. The molecule has 0 atom stereocenters. The number of para-hydroxylation sites is 1. The van der Waals surface area contributed by atoms with Gasteiger partial charge in [-0.25, -0.2) is 4.98 Å². The van der Waals surface area contributed by atoms with Gasteiger partial charge in [0.15, 0.2) is 5.76 Å². The summed E-state index contributed by atoms with van der Waals surface area (Å²) in [7, 11) is 0. The van der Waals surface area contributed by atoms with Crippen LogP contribution < -0.4 is 5.73 Å². The minimum absolute atomic E-state index is 0.266. The summed E-state index contributed by atoms with van der Waals surface area (Å²) in [6.45, 7) is 0. The summed E-state index contributed by atoms with van der Waals surface area (Å²) in [5.74, 6) is 2.64. The molecule has 2 N–H and O–H groups in total. The lowest BCUT2D eigenvalue weighted by molar-refractivity contribution is 0.617. The van der Waals surface area contributed by atoms with Crippen LogP contribution in [0, 0.1) is 0 Å². The van der Waals surface area contributed by atoms with Crippen LogP contribution in [0.15, 0.2) is 34.7 Å². The fourth-order valence-corrected chi connectivity index (χ4v) is 2.98. The molecule has 0 spiro atoms. The van der Waals surface area contributed by atoms with Gasteiger partial charge >= 0.3 is 0 Å². The molecule has 5 nitrogen and oxygen atoms in total. The molecule has 5 heteroatoms. The monoisotopic (exact) mass is 280 g/mol. The summed E-state index contributed by atoms with van der Waals surface area (Å²) >= 11 is 0. The number of benzene rings is 1. The Morgan fingerprint density at radius 3 is 2.67 bits per heavy atom. The lowest BCUT2D eigenvalue weighted by atomic mass is 10.1. The molecule has 0 bridgehead atoms. The summed E-state index contributed by atoms with van der Waals surface area (Å²) in [4.78, 5) is 13.1. The van der Waals surface area contributed by atoms with Crippen molar-refractivity contribution in [2.24, 2.45) is 0 Å².